The maximum Gasteiger partial charge on any atom is 0.159 e. The van der Waals surface area contributed by atoms with Gasteiger partial charge in [0.2, 0.25) is 0 Å². The first-order chi connectivity index (χ1) is 6.72. The molecule has 1 saturated carbocycles. The van der Waals surface area contributed by atoms with Crippen LogP contribution in [-0.2, 0) is 9.47 Å². The lowest BCUT2D eigenvalue weighted by molar-refractivity contribution is -0.251. The van der Waals surface area contributed by atoms with Gasteiger partial charge in [-0.15, -0.1) is 0 Å². The van der Waals surface area contributed by atoms with Crippen molar-refractivity contribution < 1.29 is 9.47 Å². The summed E-state index contributed by atoms with van der Waals surface area (Å²) in [6, 6.07) is 0. The predicted molar refractivity (Wildman–Crippen MR) is 56.0 cm³/mol. The van der Waals surface area contributed by atoms with Gasteiger partial charge in [0, 0.05) is 11.3 Å². The van der Waals surface area contributed by atoms with E-state index in [1.807, 2.05) is 0 Å². The van der Waals surface area contributed by atoms with Crippen molar-refractivity contribution in [3.05, 3.63) is 0 Å². The molecule has 0 aromatic carbocycles. The van der Waals surface area contributed by atoms with E-state index < -0.39 is 0 Å². The minimum absolute atomic E-state index is 0.0440. The third-order valence-corrected chi connectivity index (χ3v) is 3.57. The number of rotatable bonds is 1. The Morgan fingerprint density at radius 2 is 1.57 bits per heavy atom. The van der Waals surface area contributed by atoms with Crippen LogP contribution in [0.15, 0.2) is 0 Å². The molecule has 2 heteroatoms. The summed E-state index contributed by atoms with van der Waals surface area (Å²) in [6.45, 7) is 6.17. The molecule has 0 bridgehead atoms. The summed E-state index contributed by atoms with van der Waals surface area (Å²) in [5, 5.41) is 0. The van der Waals surface area contributed by atoms with E-state index in [0.717, 1.165) is 13.2 Å². The molecule has 2 rings (SSSR count). The highest BCUT2D eigenvalue weighted by Gasteiger charge is 2.38. The van der Waals surface area contributed by atoms with Crippen molar-refractivity contribution in [3.8, 4) is 0 Å². The van der Waals surface area contributed by atoms with Crippen LogP contribution in [0.25, 0.3) is 0 Å². The molecule has 1 saturated heterocycles. The van der Waals surface area contributed by atoms with Gasteiger partial charge in [-0.25, -0.2) is 0 Å². The fourth-order valence-corrected chi connectivity index (χ4v) is 2.58. The summed E-state index contributed by atoms with van der Waals surface area (Å²) in [7, 11) is 0. The molecule has 2 nitrogen and oxygen atoms in total. The van der Waals surface area contributed by atoms with E-state index in [2.05, 4.69) is 13.8 Å². The number of hydrogen-bond acceptors (Lipinski definition) is 2. The minimum Gasteiger partial charge on any atom is -0.352 e. The Hall–Kier alpha value is -0.0800. The minimum atomic E-state index is 0.0440. The highest BCUT2D eigenvalue weighted by molar-refractivity contribution is 4.85. The molecule has 0 N–H and O–H groups in total. The SMILES string of the molecule is CC(C)C1OCC2(CCCCC2)CO1. The highest BCUT2D eigenvalue weighted by atomic mass is 16.7. The van der Waals surface area contributed by atoms with Gasteiger partial charge >= 0.3 is 0 Å². The van der Waals surface area contributed by atoms with Gasteiger partial charge in [0.1, 0.15) is 0 Å². The van der Waals surface area contributed by atoms with Crippen molar-refractivity contribution >= 4 is 0 Å². The largest absolute Gasteiger partial charge is 0.352 e. The Bertz CT molecular complexity index is 173. The normalized spacial score (nSPS) is 28.5. The number of ether oxygens (including phenoxy) is 2. The van der Waals surface area contributed by atoms with Gasteiger partial charge in [-0.3, -0.25) is 0 Å². The molecule has 2 fully saturated rings. The smallest absolute Gasteiger partial charge is 0.159 e. The average molecular weight is 198 g/mol. The molecule has 0 radical (unpaired) electrons. The standard InChI is InChI=1S/C12H22O2/c1-10(2)11-13-8-12(9-14-11)6-4-3-5-7-12/h10-11H,3-9H2,1-2H3. The highest BCUT2D eigenvalue weighted by Crippen LogP contribution is 2.40. The van der Waals surface area contributed by atoms with E-state index in [-0.39, 0.29) is 6.29 Å². The van der Waals surface area contributed by atoms with Crippen LogP contribution < -0.4 is 0 Å². The van der Waals surface area contributed by atoms with Crippen LogP contribution in [-0.4, -0.2) is 19.5 Å². The fourth-order valence-electron chi connectivity index (χ4n) is 2.58. The van der Waals surface area contributed by atoms with Crippen molar-refractivity contribution in [2.45, 2.75) is 52.2 Å². The van der Waals surface area contributed by atoms with Gasteiger partial charge < -0.3 is 9.47 Å². The molecule has 82 valence electrons. The molecule has 0 unspecified atom stereocenters. The van der Waals surface area contributed by atoms with Crippen LogP contribution in [0.3, 0.4) is 0 Å². The molecule has 1 spiro atoms. The molecule has 1 aliphatic carbocycles. The monoisotopic (exact) mass is 198 g/mol. The van der Waals surface area contributed by atoms with Crippen molar-refractivity contribution in [1.29, 1.82) is 0 Å². The van der Waals surface area contributed by atoms with E-state index in [1.165, 1.54) is 32.1 Å². The second-order valence-corrected chi connectivity index (χ2v) is 5.30. The molecule has 0 amide bonds. The van der Waals surface area contributed by atoms with Crippen molar-refractivity contribution in [3.63, 3.8) is 0 Å². The Kier molecular flexibility index (Phi) is 3.13. The molecule has 14 heavy (non-hydrogen) atoms. The second kappa shape index (κ2) is 4.19. The van der Waals surface area contributed by atoms with E-state index in [9.17, 15) is 0 Å². The van der Waals surface area contributed by atoms with Crippen molar-refractivity contribution in [2.24, 2.45) is 11.3 Å². The first-order valence-electron chi connectivity index (χ1n) is 5.95. The van der Waals surface area contributed by atoms with Crippen molar-refractivity contribution in [1.82, 2.24) is 0 Å². The molecule has 0 atom stereocenters. The second-order valence-electron chi connectivity index (χ2n) is 5.30. The Morgan fingerprint density at radius 3 is 2.07 bits per heavy atom. The molecule has 1 aliphatic heterocycles. The zero-order chi connectivity index (χ0) is 10.0. The number of hydrogen-bond donors (Lipinski definition) is 0. The zero-order valence-electron chi connectivity index (χ0n) is 9.42. The lowest BCUT2D eigenvalue weighted by Gasteiger charge is -2.43. The summed E-state index contributed by atoms with van der Waals surface area (Å²) in [5.41, 5.74) is 0.379. The maximum absolute atomic E-state index is 5.81. The van der Waals surface area contributed by atoms with Crippen molar-refractivity contribution in [2.75, 3.05) is 13.2 Å². The summed E-state index contributed by atoms with van der Waals surface area (Å²) < 4.78 is 11.6. The van der Waals surface area contributed by atoms with Gasteiger partial charge in [-0.2, -0.15) is 0 Å². The Morgan fingerprint density at radius 1 is 1.00 bits per heavy atom. The topological polar surface area (TPSA) is 18.5 Å². The lowest BCUT2D eigenvalue weighted by atomic mass is 9.75. The van der Waals surface area contributed by atoms with Crippen LogP contribution in [0.4, 0.5) is 0 Å². The zero-order valence-corrected chi connectivity index (χ0v) is 9.42. The Labute approximate surface area is 87.0 Å². The molecular weight excluding hydrogens is 176 g/mol. The van der Waals surface area contributed by atoms with Gasteiger partial charge in [0.25, 0.3) is 0 Å². The van der Waals surface area contributed by atoms with Crippen LogP contribution in [0, 0.1) is 11.3 Å². The van der Waals surface area contributed by atoms with E-state index >= 15 is 0 Å². The first-order valence-corrected chi connectivity index (χ1v) is 5.95. The first kappa shape index (κ1) is 10.4. The summed E-state index contributed by atoms with van der Waals surface area (Å²) in [4.78, 5) is 0. The van der Waals surface area contributed by atoms with E-state index in [4.69, 9.17) is 9.47 Å². The molecular formula is C12H22O2. The molecule has 0 aromatic rings. The van der Waals surface area contributed by atoms with E-state index in [0.29, 0.717) is 11.3 Å². The van der Waals surface area contributed by atoms with Gasteiger partial charge in [0.05, 0.1) is 13.2 Å². The quantitative estimate of drug-likeness (QED) is 0.645. The maximum atomic E-state index is 5.81. The summed E-state index contributed by atoms with van der Waals surface area (Å²) >= 11 is 0. The van der Waals surface area contributed by atoms with Crippen LogP contribution >= 0.6 is 0 Å². The van der Waals surface area contributed by atoms with Gasteiger partial charge in [0.15, 0.2) is 6.29 Å². The van der Waals surface area contributed by atoms with E-state index in [1.54, 1.807) is 0 Å². The average Bonchev–Trinajstić information content (AvgIpc) is 2.19. The molecule has 1 heterocycles. The summed E-state index contributed by atoms with van der Waals surface area (Å²) in [5.74, 6) is 0.482. The van der Waals surface area contributed by atoms with Crippen LogP contribution in [0.5, 0.6) is 0 Å². The Balaban J connectivity index is 1.87. The van der Waals surface area contributed by atoms with Gasteiger partial charge in [-0.05, 0) is 12.8 Å². The third kappa shape index (κ3) is 2.12. The van der Waals surface area contributed by atoms with Gasteiger partial charge in [-0.1, -0.05) is 33.1 Å². The predicted octanol–water partition coefficient (Wildman–Crippen LogP) is 2.97. The van der Waals surface area contributed by atoms with Crippen LogP contribution in [0.2, 0.25) is 0 Å². The molecule has 2 aliphatic rings. The van der Waals surface area contributed by atoms with Crippen LogP contribution in [0.1, 0.15) is 46.0 Å². The third-order valence-electron chi connectivity index (χ3n) is 3.57. The fraction of sp³-hybridized carbons (Fsp3) is 1.00. The molecule has 0 aromatic heterocycles. The summed E-state index contributed by atoms with van der Waals surface area (Å²) in [6.07, 6.45) is 6.77. The lowest BCUT2D eigenvalue weighted by Crippen LogP contribution is -2.44.